The molecule has 0 saturated heterocycles. The fourth-order valence-electron chi connectivity index (χ4n) is 2.58. The van der Waals surface area contributed by atoms with Gasteiger partial charge in [0, 0.05) is 11.8 Å². The van der Waals surface area contributed by atoms with E-state index in [0.29, 0.717) is 5.69 Å². The molecule has 2 aromatic carbocycles. The van der Waals surface area contributed by atoms with Crippen molar-refractivity contribution in [3.05, 3.63) is 59.1 Å². The molecule has 0 fully saturated rings. The predicted octanol–water partition coefficient (Wildman–Crippen LogP) is 3.77. The second-order valence-corrected chi connectivity index (χ2v) is 7.48. The first-order chi connectivity index (χ1) is 13.4. The minimum absolute atomic E-state index is 0.285. The van der Waals surface area contributed by atoms with Crippen LogP contribution >= 0.6 is 11.3 Å². The number of ether oxygens (including phenoxy) is 1. The average Bonchev–Trinajstić information content (AvgIpc) is 3.06. The molecule has 0 saturated carbocycles. The van der Waals surface area contributed by atoms with Crippen molar-refractivity contribution in [1.29, 1.82) is 0 Å². The molecule has 144 valence electrons. The molecular formula is C21H21N3O3S. The lowest BCUT2D eigenvalue weighted by atomic mass is 10.2. The van der Waals surface area contributed by atoms with Gasteiger partial charge in [0.15, 0.2) is 0 Å². The van der Waals surface area contributed by atoms with Gasteiger partial charge in [0.05, 0.1) is 22.3 Å². The first-order valence-electron chi connectivity index (χ1n) is 8.75. The molecular weight excluding hydrogens is 374 g/mol. The zero-order valence-electron chi connectivity index (χ0n) is 15.9. The minimum Gasteiger partial charge on any atom is -0.497 e. The number of carbonyl (C=O) groups excluding carboxylic acids is 2. The molecule has 0 radical (unpaired) electrons. The highest BCUT2D eigenvalue weighted by Gasteiger charge is 2.15. The molecule has 1 unspecified atom stereocenters. The second-order valence-electron chi connectivity index (χ2n) is 6.24. The van der Waals surface area contributed by atoms with E-state index < -0.39 is 6.04 Å². The normalized spacial score (nSPS) is 12.1. The van der Waals surface area contributed by atoms with Crippen LogP contribution in [0.15, 0.2) is 48.5 Å². The van der Waals surface area contributed by atoms with Gasteiger partial charge in [-0.1, -0.05) is 12.1 Å². The number of nitrogens with zero attached hydrogens (tertiary/aromatic N) is 1. The van der Waals surface area contributed by atoms with Crippen LogP contribution in [0.5, 0.6) is 5.75 Å². The van der Waals surface area contributed by atoms with E-state index in [9.17, 15) is 9.59 Å². The molecule has 1 atom stereocenters. The van der Waals surface area contributed by atoms with Gasteiger partial charge in [-0.2, -0.15) is 0 Å². The van der Waals surface area contributed by atoms with E-state index in [1.54, 1.807) is 37.5 Å². The van der Waals surface area contributed by atoms with Crippen molar-refractivity contribution < 1.29 is 14.3 Å². The monoisotopic (exact) mass is 395 g/mol. The number of rotatable bonds is 6. The summed E-state index contributed by atoms with van der Waals surface area (Å²) in [6.45, 7) is 3.59. The summed E-state index contributed by atoms with van der Waals surface area (Å²) in [5.41, 5.74) is 2.45. The highest BCUT2D eigenvalue weighted by molar-refractivity contribution is 7.18. The van der Waals surface area contributed by atoms with Crippen molar-refractivity contribution in [3.63, 3.8) is 0 Å². The van der Waals surface area contributed by atoms with Crippen molar-refractivity contribution in [2.75, 3.05) is 12.4 Å². The maximum Gasteiger partial charge on any atom is 0.246 e. The van der Waals surface area contributed by atoms with Gasteiger partial charge in [-0.15, -0.1) is 11.3 Å². The van der Waals surface area contributed by atoms with E-state index in [-0.39, 0.29) is 11.8 Å². The lowest BCUT2D eigenvalue weighted by Gasteiger charge is -2.13. The van der Waals surface area contributed by atoms with Crippen LogP contribution in [0.1, 0.15) is 17.5 Å². The molecule has 1 aromatic heterocycles. The number of aryl methyl sites for hydroxylation is 1. The molecule has 3 rings (SSSR count). The predicted molar refractivity (Wildman–Crippen MR) is 113 cm³/mol. The summed E-state index contributed by atoms with van der Waals surface area (Å²) in [7, 11) is 1.60. The van der Waals surface area contributed by atoms with Crippen LogP contribution in [0, 0.1) is 6.92 Å². The molecule has 7 heteroatoms. The summed E-state index contributed by atoms with van der Waals surface area (Å²) in [5.74, 6) is 0.123. The molecule has 0 aliphatic rings. The van der Waals surface area contributed by atoms with E-state index in [4.69, 9.17) is 4.74 Å². The highest BCUT2D eigenvalue weighted by atomic mass is 32.1. The van der Waals surface area contributed by atoms with Crippen molar-refractivity contribution in [3.8, 4) is 5.75 Å². The number of hydrogen-bond acceptors (Lipinski definition) is 5. The quantitative estimate of drug-likeness (QED) is 0.623. The van der Waals surface area contributed by atoms with Crippen LogP contribution in [0.4, 0.5) is 5.69 Å². The van der Waals surface area contributed by atoms with E-state index in [2.05, 4.69) is 15.6 Å². The highest BCUT2D eigenvalue weighted by Crippen LogP contribution is 2.24. The van der Waals surface area contributed by atoms with Crippen LogP contribution in [0.2, 0.25) is 0 Å². The number of anilines is 1. The fourth-order valence-corrected chi connectivity index (χ4v) is 3.45. The molecule has 1 heterocycles. The van der Waals surface area contributed by atoms with Crippen molar-refractivity contribution in [1.82, 2.24) is 10.3 Å². The zero-order valence-corrected chi connectivity index (χ0v) is 16.7. The van der Waals surface area contributed by atoms with Gasteiger partial charge in [0.1, 0.15) is 11.8 Å². The summed E-state index contributed by atoms with van der Waals surface area (Å²) < 4.78 is 6.11. The fraction of sp³-hybridized carbons (Fsp3) is 0.190. The van der Waals surface area contributed by atoms with Crippen LogP contribution in [-0.4, -0.2) is 29.9 Å². The largest absolute Gasteiger partial charge is 0.497 e. The third-order valence-corrected chi connectivity index (χ3v) is 4.99. The summed E-state index contributed by atoms with van der Waals surface area (Å²) in [6.07, 6.45) is 3.08. The Hall–Kier alpha value is -3.19. The Morgan fingerprint density at radius 3 is 2.64 bits per heavy atom. The smallest absolute Gasteiger partial charge is 0.246 e. The Kier molecular flexibility index (Phi) is 6.06. The maximum atomic E-state index is 12.4. The Morgan fingerprint density at radius 1 is 1.18 bits per heavy atom. The SMILES string of the molecule is COc1ccc(/C=C/C(=O)NC(C)C(=O)Nc2ccc3nc(C)sc3c2)cc1. The molecule has 0 aliphatic heterocycles. The molecule has 0 aliphatic carbocycles. The standard InChI is InChI=1S/C21H21N3O3S/c1-13(22-20(25)11-6-15-4-8-17(27-3)9-5-15)21(26)24-16-7-10-18-19(12-16)28-14(2)23-18/h4-13H,1-3H3,(H,22,25)(H,24,26)/b11-6+. The molecule has 28 heavy (non-hydrogen) atoms. The van der Waals surface area contributed by atoms with Crippen molar-refractivity contribution >= 4 is 45.1 Å². The van der Waals surface area contributed by atoms with Gasteiger partial charge < -0.3 is 15.4 Å². The van der Waals surface area contributed by atoms with Crippen LogP contribution in [0.3, 0.4) is 0 Å². The molecule has 6 nitrogen and oxygen atoms in total. The molecule has 2 amide bonds. The lowest BCUT2D eigenvalue weighted by molar-refractivity contribution is -0.123. The topological polar surface area (TPSA) is 80.3 Å². The number of aromatic nitrogens is 1. The van der Waals surface area contributed by atoms with Gasteiger partial charge in [0.25, 0.3) is 0 Å². The number of benzene rings is 2. The van der Waals surface area contributed by atoms with E-state index in [1.807, 2.05) is 43.3 Å². The number of thiazole rings is 1. The number of fused-ring (bicyclic) bond motifs is 1. The Balaban J connectivity index is 1.56. The van der Waals surface area contributed by atoms with Crippen LogP contribution in [0.25, 0.3) is 16.3 Å². The molecule has 2 N–H and O–H groups in total. The molecule has 0 bridgehead atoms. The lowest BCUT2D eigenvalue weighted by Crippen LogP contribution is -2.40. The second kappa shape index (κ2) is 8.67. The van der Waals surface area contributed by atoms with Gasteiger partial charge in [-0.05, 0) is 55.8 Å². The summed E-state index contributed by atoms with van der Waals surface area (Å²) in [6, 6.07) is 12.2. The number of hydrogen-bond donors (Lipinski definition) is 2. The Labute approximate surface area is 167 Å². The van der Waals surface area contributed by atoms with Gasteiger partial charge in [-0.3, -0.25) is 9.59 Å². The number of amides is 2. The van der Waals surface area contributed by atoms with Gasteiger partial charge in [-0.25, -0.2) is 4.98 Å². The maximum absolute atomic E-state index is 12.4. The zero-order chi connectivity index (χ0) is 20.1. The third kappa shape index (κ3) is 4.95. The first kappa shape index (κ1) is 19.6. The average molecular weight is 395 g/mol. The van der Waals surface area contributed by atoms with Crippen LogP contribution in [-0.2, 0) is 9.59 Å². The minimum atomic E-state index is -0.674. The molecule has 3 aromatic rings. The number of carbonyl (C=O) groups is 2. The number of nitrogens with one attached hydrogen (secondary N) is 2. The Morgan fingerprint density at radius 2 is 1.93 bits per heavy atom. The van der Waals surface area contributed by atoms with Crippen molar-refractivity contribution in [2.45, 2.75) is 19.9 Å². The Bertz CT molecular complexity index is 1030. The van der Waals surface area contributed by atoms with E-state index in [0.717, 1.165) is 26.5 Å². The summed E-state index contributed by atoms with van der Waals surface area (Å²) in [5, 5.41) is 6.46. The number of methoxy groups -OCH3 is 1. The van der Waals surface area contributed by atoms with Gasteiger partial charge in [0.2, 0.25) is 11.8 Å². The van der Waals surface area contributed by atoms with Crippen LogP contribution < -0.4 is 15.4 Å². The van der Waals surface area contributed by atoms with E-state index >= 15 is 0 Å². The third-order valence-electron chi connectivity index (χ3n) is 4.06. The molecule has 0 spiro atoms. The summed E-state index contributed by atoms with van der Waals surface area (Å²) in [4.78, 5) is 28.8. The first-order valence-corrected chi connectivity index (χ1v) is 9.57. The van der Waals surface area contributed by atoms with E-state index in [1.165, 1.54) is 6.08 Å². The van der Waals surface area contributed by atoms with Crippen molar-refractivity contribution in [2.24, 2.45) is 0 Å². The van der Waals surface area contributed by atoms with Gasteiger partial charge >= 0.3 is 0 Å². The summed E-state index contributed by atoms with van der Waals surface area (Å²) >= 11 is 1.57.